The van der Waals surface area contributed by atoms with E-state index in [1.54, 1.807) is 6.92 Å². The first kappa shape index (κ1) is 15.8. The zero-order valence-corrected chi connectivity index (χ0v) is 12.0. The summed E-state index contributed by atoms with van der Waals surface area (Å²) in [6.07, 6.45) is 0.501. The van der Waals surface area contributed by atoms with Gasteiger partial charge in [-0.15, -0.1) is 0 Å². The van der Waals surface area contributed by atoms with Gasteiger partial charge in [-0.2, -0.15) is 0 Å². The molecule has 0 spiro atoms. The number of carbonyl (C=O) groups is 1. The Morgan fingerprint density at radius 3 is 2.00 bits per heavy atom. The molecular formula is C15H21F2NO. The number of hydrogen-bond donors (Lipinski definition) is 0. The van der Waals surface area contributed by atoms with Gasteiger partial charge in [0.15, 0.2) is 5.78 Å². The summed E-state index contributed by atoms with van der Waals surface area (Å²) in [6, 6.07) is 3.51. The van der Waals surface area contributed by atoms with Gasteiger partial charge in [-0.05, 0) is 38.6 Å². The molecule has 1 atom stereocenters. The molecule has 1 unspecified atom stereocenters. The van der Waals surface area contributed by atoms with Crippen LogP contribution in [0.4, 0.5) is 8.78 Å². The van der Waals surface area contributed by atoms with Crippen LogP contribution in [0.15, 0.2) is 18.2 Å². The Balaban J connectivity index is 3.29. The third kappa shape index (κ3) is 2.84. The molecule has 0 heterocycles. The van der Waals surface area contributed by atoms with E-state index in [4.69, 9.17) is 0 Å². The van der Waals surface area contributed by atoms with Gasteiger partial charge in [0, 0.05) is 0 Å². The summed E-state index contributed by atoms with van der Waals surface area (Å²) < 4.78 is 27.5. The second kappa shape index (κ2) is 6.24. The van der Waals surface area contributed by atoms with Crippen molar-refractivity contribution < 1.29 is 13.6 Å². The van der Waals surface area contributed by atoms with Crippen molar-refractivity contribution >= 4 is 5.78 Å². The smallest absolute Gasteiger partial charge is 0.188 e. The van der Waals surface area contributed by atoms with Gasteiger partial charge in [0.25, 0.3) is 0 Å². The van der Waals surface area contributed by atoms with Crippen LogP contribution < -0.4 is 0 Å². The lowest BCUT2D eigenvalue weighted by molar-refractivity contribution is 0.0598. The number of rotatable bonds is 6. The normalized spacial score (nSPS) is 14.5. The van der Waals surface area contributed by atoms with Crippen LogP contribution in [0, 0.1) is 11.6 Å². The van der Waals surface area contributed by atoms with Crippen LogP contribution >= 0.6 is 0 Å². The van der Waals surface area contributed by atoms with Gasteiger partial charge in [0.1, 0.15) is 11.6 Å². The third-order valence-electron chi connectivity index (χ3n) is 3.83. The molecule has 2 nitrogen and oxygen atoms in total. The Labute approximate surface area is 113 Å². The lowest BCUT2D eigenvalue weighted by Crippen LogP contribution is -2.52. The molecule has 0 saturated heterocycles. The second-order valence-corrected chi connectivity index (χ2v) is 4.73. The predicted octanol–water partition coefficient (Wildman–Crippen LogP) is 3.66. The van der Waals surface area contributed by atoms with Crippen molar-refractivity contribution in [1.82, 2.24) is 4.90 Å². The minimum Gasteiger partial charge on any atom is -0.292 e. The number of nitrogens with zero attached hydrogens (tertiary/aromatic N) is 1. The van der Waals surface area contributed by atoms with Crippen molar-refractivity contribution in [2.75, 3.05) is 13.1 Å². The molecule has 0 fully saturated rings. The van der Waals surface area contributed by atoms with E-state index < -0.39 is 28.5 Å². The summed E-state index contributed by atoms with van der Waals surface area (Å²) in [5.41, 5.74) is -1.31. The highest BCUT2D eigenvalue weighted by Crippen LogP contribution is 2.27. The average Bonchev–Trinajstić information content (AvgIpc) is 2.39. The monoisotopic (exact) mass is 269 g/mol. The van der Waals surface area contributed by atoms with Crippen LogP contribution in [0.2, 0.25) is 0 Å². The Morgan fingerprint density at radius 2 is 1.63 bits per heavy atom. The molecule has 1 aromatic carbocycles. The third-order valence-corrected chi connectivity index (χ3v) is 3.83. The van der Waals surface area contributed by atoms with Gasteiger partial charge >= 0.3 is 0 Å². The van der Waals surface area contributed by atoms with E-state index in [0.717, 1.165) is 12.1 Å². The van der Waals surface area contributed by atoms with E-state index in [0.29, 0.717) is 19.5 Å². The maximum Gasteiger partial charge on any atom is 0.188 e. The first-order chi connectivity index (χ1) is 8.92. The van der Waals surface area contributed by atoms with E-state index in [2.05, 4.69) is 0 Å². The van der Waals surface area contributed by atoms with Crippen molar-refractivity contribution in [3.05, 3.63) is 35.4 Å². The summed E-state index contributed by atoms with van der Waals surface area (Å²) in [7, 11) is 0. The summed E-state index contributed by atoms with van der Waals surface area (Å²) in [6.45, 7) is 8.78. The number of ketones is 1. The molecule has 0 bridgehead atoms. The van der Waals surface area contributed by atoms with Crippen LogP contribution in [-0.2, 0) is 0 Å². The number of benzene rings is 1. The van der Waals surface area contributed by atoms with Crippen molar-refractivity contribution in [2.45, 2.75) is 39.7 Å². The van der Waals surface area contributed by atoms with Crippen LogP contribution in [0.1, 0.15) is 44.5 Å². The standard InChI is InChI=1S/C15H21F2NO/c1-5-15(4,18(6-2)7-3)14(19)13-11(16)9-8-10-12(13)17/h8-10H,5-7H2,1-4H3. The van der Waals surface area contributed by atoms with E-state index >= 15 is 0 Å². The average molecular weight is 269 g/mol. The largest absolute Gasteiger partial charge is 0.292 e. The highest BCUT2D eigenvalue weighted by molar-refractivity contribution is 6.03. The topological polar surface area (TPSA) is 20.3 Å². The predicted molar refractivity (Wildman–Crippen MR) is 72.3 cm³/mol. The molecular weight excluding hydrogens is 248 g/mol. The Kier molecular flexibility index (Phi) is 5.18. The molecule has 0 aliphatic carbocycles. The zero-order valence-electron chi connectivity index (χ0n) is 12.0. The molecule has 0 N–H and O–H groups in total. The van der Waals surface area contributed by atoms with Gasteiger partial charge < -0.3 is 0 Å². The minimum atomic E-state index is -0.882. The molecule has 106 valence electrons. The lowest BCUT2D eigenvalue weighted by atomic mass is 9.86. The molecule has 4 heteroatoms. The van der Waals surface area contributed by atoms with Crippen molar-refractivity contribution in [1.29, 1.82) is 0 Å². The highest BCUT2D eigenvalue weighted by Gasteiger charge is 2.39. The number of hydrogen-bond acceptors (Lipinski definition) is 2. The van der Waals surface area contributed by atoms with Gasteiger partial charge in [0.05, 0.1) is 11.1 Å². The van der Waals surface area contributed by atoms with E-state index in [9.17, 15) is 13.6 Å². The maximum absolute atomic E-state index is 13.8. The molecule has 1 rings (SSSR count). The molecule has 0 aliphatic heterocycles. The number of Topliss-reactive ketones (excluding diaryl/α,β-unsaturated/α-hetero) is 1. The number of carbonyl (C=O) groups excluding carboxylic acids is 1. The molecule has 0 radical (unpaired) electrons. The van der Waals surface area contributed by atoms with Gasteiger partial charge in [-0.25, -0.2) is 8.78 Å². The molecule has 0 amide bonds. The number of likely N-dealkylation sites (N-methyl/N-ethyl adjacent to an activating group) is 1. The van der Waals surface area contributed by atoms with Crippen LogP contribution in [0.5, 0.6) is 0 Å². The molecule has 0 saturated carbocycles. The van der Waals surface area contributed by atoms with Crippen LogP contribution in [0.3, 0.4) is 0 Å². The second-order valence-electron chi connectivity index (χ2n) is 4.73. The van der Waals surface area contributed by atoms with Gasteiger partial charge in [0.2, 0.25) is 0 Å². The van der Waals surface area contributed by atoms with Gasteiger partial charge in [-0.3, -0.25) is 9.69 Å². The molecule has 0 aromatic heterocycles. The fourth-order valence-corrected chi connectivity index (χ4v) is 2.43. The summed E-state index contributed by atoms with van der Waals surface area (Å²) in [4.78, 5) is 14.5. The zero-order chi connectivity index (χ0) is 14.6. The first-order valence-electron chi connectivity index (χ1n) is 6.66. The van der Waals surface area contributed by atoms with E-state index in [1.807, 2.05) is 25.7 Å². The highest BCUT2D eigenvalue weighted by atomic mass is 19.1. The van der Waals surface area contributed by atoms with Crippen molar-refractivity contribution in [3.8, 4) is 0 Å². The van der Waals surface area contributed by atoms with Crippen molar-refractivity contribution in [3.63, 3.8) is 0 Å². The first-order valence-corrected chi connectivity index (χ1v) is 6.66. The SMILES string of the molecule is CCN(CC)C(C)(CC)C(=O)c1c(F)cccc1F. The van der Waals surface area contributed by atoms with Crippen LogP contribution in [0.25, 0.3) is 0 Å². The molecule has 1 aromatic rings. The maximum atomic E-state index is 13.8. The minimum absolute atomic E-state index is 0.432. The summed E-state index contributed by atoms with van der Waals surface area (Å²) in [5, 5.41) is 0. The van der Waals surface area contributed by atoms with E-state index in [-0.39, 0.29) is 0 Å². The lowest BCUT2D eigenvalue weighted by Gasteiger charge is -2.38. The Bertz CT molecular complexity index is 437. The van der Waals surface area contributed by atoms with Crippen molar-refractivity contribution in [2.24, 2.45) is 0 Å². The van der Waals surface area contributed by atoms with E-state index in [1.165, 1.54) is 6.07 Å². The quantitative estimate of drug-likeness (QED) is 0.735. The molecule has 0 aliphatic rings. The number of halogens is 2. The molecule has 19 heavy (non-hydrogen) atoms. The van der Waals surface area contributed by atoms with Gasteiger partial charge in [-0.1, -0.05) is 26.8 Å². The Morgan fingerprint density at radius 1 is 1.16 bits per heavy atom. The summed E-state index contributed by atoms with van der Waals surface area (Å²) in [5.74, 6) is -2.08. The fraction of sp³-hybridized carbons (Fsp3) is 0.533. The van der Waals surface area contributed by atoms with Crippen LogP contribution in [-0.4, -0.2) is 29.3 Å². The fourth-order valence-electron chi connectivity index (χ4n) is 2.43. The Hall–Kier alpha value is -1.29. The summed E-state index contributed by atoms with van der Waals surface area (Å²) >= 11 is 0.